The molecule has 2 aromatic carbocycles. The summed E-state index contributed by atoms with van der Waals surface area (Å²) in [6.07, 6.45) is 8.15. The Morgan fingerprint density at radius 1 is 0.828 bits per heavy atom. The van der Waals surface area contributed by atoms with Gasteiger partial charge in [-0.25, -0.2) is 0 Å². The molecular formula is C25H31N3S. The largest absolute Gasteiger partial charge is 0.357 e. The summed E-state index contributed by atoms with van der Waals surface area (Å²) < 4.78 is 0. The van der Waals surface area contributed by atoms with Crippen LogP contribution in [0.5, 0.6) is 0 Å². The summed E-state index contributed by atoms with van der Waals surface area (Å²) in [6.45, 7) is 0. The zero-order chi connectivity index (χ0) is 19.8. The molecule has 152 valence electrons. The monoisotopic (exact) mass is 405 g/mol. The molecule has 0 aromatic heterocycles. The molecule has 0 unspecified atom stereocenters. The quantitative estimate of drug-likeness (QED) is 0.622. The van der Waals surface area contributed by atoms with E-state index in [-0.39, 0.29) is 17.6 Å². The summed E-state index contributed by atoms with van der Waals surface area (Å²) in [7, 11) is 0. The van der Waals surface area contributed by atoms with Crippen molar-refractivity contribution < 1.29 is 0 Å². The van der Waals surface area contributed by atoms with Gasteiger partial charge >= 0.3 is 0 Å². The number of hydrogen-bond donors (Lipinski definition) is 3. The van der Waals surface area contributed by atoms with E-state index in [1.165, 1.54) is 44.1 Å². The van der Waals surface area contributed by atoms with Gasteiger partial charge in [0.2, 0.25) is 0 Å². The standard InChI is InChI=1S/C25H31N3S/c26-22(20-7-3-1-4-8-20)23(21-9-5-2-6-10-21)27-24(29)28-25-14-17-11-18(15-25)13-19(12-17)16-25/h1-10,17-19,22-23H,11-16,26H2,(H2,27,28,29)/t17?,18?,19?,22-,23-,25?/m1/s1. The van der Waals surface area contributed by atoms with Gasteiger partial charge < -0.3 is 16.4 Å². The lowest BCUT2D eigenvalue weighted by molar-refractivity contribution is -0.0102. The average Bonchev–Trinajstić information content (AvgIpc) is 2.71. The van der Waals surface area contributed by atoms with Crippen LogP contribution in [0.2, 0.25) is 0 Å². The van der Waals surface area contributed by atoms with Crippen LogP contribution in [0.3, 0.4) is 0 Å². The first kappa shape index (κ1) is 19.1. The smallest absolute Gasteiger partial charge is 0.167 e. The maximum Gasteiger partial charge on any atom is 0.167 e. The minimum atomic E-state index is -0.172. The second-order valence-electron chi connectivity index (χ2n) is 9.62. The van der Waals surface area contributed by atoms with Crippen molar-refractivity contribution in [2.75, 3.05) is 0 Å². The number of benzene rings is 2. The summed E-state index contributed by atoms with van der Waals surface area (Å²) in [5.41, 5.74) is 9.22. The first-order valence-corrected chi connectivity index (χ1v) is 11.5. The fourth-order valence-electron chi connectivity index (χ4n) is 6.59. The second kappa shape index (κ2) is 7.73. The molecule has 2 aromatic rings. The summed E-state index contributed by atoms with van der Waals surface area (Å²) in [5, 5.41) is 8.15. The normalized spacial score (nSPS) is 31.8. The molecule has 29 heavy (non-hydrogen) atoms. The van der Waals surface area contributed by atoms with Crippen LogP contribution in [0.15, 0.2) is 60.7 Å². The molecule has 4 aliphatic carbocycles. The Morgan fingerprint density at radius 2 is 1.31 bits per heavy atom. The van der Waals surface area contributed by atoms with Crippen molar-refractivity contribution in [2.24, 2.45) is 23.5 Å². The van der Waals surface area contributed by atoms with Gasteiger partial charge in [0.15, 0.2) is 5.11 Å². The molecule has 0 amide bonds. The molecule has 0 aliphatic heterocycles. The second-order valence-corrected chi connectivity index (χ2v) is 10.0. The SMILES string of the molecule is N[C@H](c1ccccc1)[C@H](NC(=S)NC12CC3CC(CC(C3)C1)C2)c1ccccc1. The zero-order valence-electron chi connectivity index (χ0n) is 16.9. The van der Waals surface area contributed by atoms with Gasteiger partial charge in [-0.3, -0.25) is 0 Å². The fraction of sp³-hybridized carbons (Fsp3) is 0.480. The summed E-state index contributed by atoms with van der Waals surface area (Å²) in [4.78, 5) is 0. The van der Waals surface area contributed by atoms with Crippen LogP contribution in [0.4, 0.5) is 0 Å². The molecule has 3 nitrogen and oxygen atoms in total. The van der Waals surface area contributed by atoms with Gasteiger partial charge in [-0.15, -0.1) is 0 Å². The molecule has 0 radical (unpaired) electrons. The first-order valence-electron chi connectivity index (χ1n) is 11.0. The fourth-order valence-corrected chi connectivity index (χ4v) is 6.93. The number of nitrogens with one attached hydrogen (secondary N) is 2. The molecule has 6 rings (SSSR count). The lowest BCUT2D eigenvalue weighted by atomic mass is 9.53. The topological polar surface area (TPSA) is 50.1 Å². The highest BCUT2D eigenvalue weighted by atomic mass is 32.1. The van der Waals surface area contributed by atoms with Crippen LogP contribution < -0.4 is 16.4 Å². The van der Waals surface area contributed by atoms with Gasteiger partial charge in [-0.05, 0) is 79.6 Å². The van der Waals surface area contributed by atoms with Crippen molar-refractivity contribution in [3.05, 3.63) is 71.8 Å². The molecular weight excluding hydrogens is 374 g/mol. The van der Waals surface area contributed by atoms with Gasteiger partial charge in [0.25, 0.3) is 0 Å². The van der Waals surface area contributed by atoms with E-state index < -0.39 is 0 Å². The summed E-state index contributed by atoms with van der Waals surface area (Å²) >= 11 is 5.86. The molecule has 2 atom stereocenters. The van der Waals surface area contributed by atoms with Crippen LogP contribution in [0.25, 0.3) is 0 Å². The highest BCUT2D eigenvalue weighted by molar-refractivity contribution is 7.80. The summed E-state index contributed by atoms with van der Waals surface area (Å²) in [5.74, 6) is 2.69. The van der Waals surface area contributed by atoms with E-state index in [1.54, 1.807) is 0 Å². The van der Waals surface area contributed by atoms with Gasteiger partial charge in [0.05, 0.1) is 12.1 Å². The summed E-state index contributed by atoms with van der Waals surface area (Å²) in [6, 6.07) is 20.5. The Hall–Kier alpha value is -1.91. The lowest BCUT2D eigenvalue weighted by Gasteiger charge is -2.57. The Kier molecular flexibility index (Phi) is 5.09. The van der Waals surface area contributed by atoms with Crippen molar-refractivity contribution in [3.63, 3.8) is 0 Å². The van der Waals surface area contributed by atoms with E-state index in [2.05, 4.69) is 47.0 Å². The van der Waals surface area contributed by atoms with Crippen LogP contribution in [0.1, 0.15) is 61.7 Å². The average molecular weight is 406 g/mol. The highest BCUT2D eigenvalue weighted by Crippen LogP contribution is 2.55. The van der Waals surface area contributed by atoms with Crippen molar-refractivity contribution >= 4 is 17.3 Å². The van der Waals surface area contributed by atoms with Gasteiger partial charge in [0.1, 0.15) is 0 Å². The molecule has 0 saturated heterocycles. The van der Waals surface area contributed by atoms with Gasteiger partial charge in [-0.2, -0.15) is 0 Å². The van der Waals surface area contributed by atoms with Crippen molar-refractivity contribution in [2.45, 2.75) is 56.1 Å². The minimum Gasteiger partial charge on any atom is -0.357 e. The molecule has 4 N–H and O–H groups in total. The molecule has 4 aliphatic rings. The number of rotatable bonds is 5. The Bertz CT molecular complexity index is 816. The molecule has 4 bridgehead atoms. The molecule has 0 spiro atoms. The van der Waals surface area contributed by atoms with Crippen LogP contribution in [-0.2, 0) is 0 Å². The van der Waals surface area contributed by atoms with E-state index in [0.717, 1.165) is 28.4 Å². The van der Waals surface area contributed by atoms with E-state index in [4.69, 9.17) is 18.0 Å². The van der Waals surface area contributed by atoms with Crippen LogP contribution >= 0.6 is 12.2 Å². The molecule has 0 heterocycles. The zero-order valence-corrected chi connectivity index (χ0v) is 17.7. The van der Waals surface area contributed by atoms with Crippen molar-refractivity contribution in [3.8, 4) is 0 Å². The molecule has 4 saturated carbocycles. The van der Waals surface area contributed by atoms with Gasteiger partial charge in [-0.1, -0.05) is 60.7 Å². The van der Waals surface area contributed by atoms with E-state index >= 15 is 0 Å². The van der Waals surface area contributed by atoms with Crippen LogP contribution in [0, 0.1) is 17.8 Å². The predicted molar refractivity (Wildman–Crippen MR) is 122 cm³/mol. The first-order chi connectivity index (χ1) is 14.1. The molecule has 4 fully saturated rings. The van der Waals surface area contributed by atoms with Crippen molar-refractivity contribution in [1.82, 2.24) is 10.6 Å². The van der Waals surface area contributed by atoms with E-state index in [1.807, 2.05) is 24.3 Å². The third-order valence-electron chi connectivity index (χ3n) is 7.41. The lowest BCUT2D eigenvalue weighted by Crippen LogP contribution is -2.61. The van der Waals surface area contributed by atoms with Crippen molar-refractivity contribution in [1.29, 1.82) is 0 Å². The Morgan fingerprint density at radius 3 is 1.83 bits per heavy atom. The molecule has 4 heteroatoms. The van der Waals surface area contributed by atoms with E-state index in [9.17, 15) is 0 Å². The Labute approximate surface area is 179 Å². The van der Waals surface area contributed by atoms with E-state index in [0.29, 0.717) is 0 Å². The Balaban J connectivity index is 1.34. The number of nitrogens with two attached hydrogens (primary N) is 1. The third kappa shape index (κ3) is 3.93. The van der Waals surface area contributed by atoms with Gasteiger partial charge in [0, 0.05) is 5.54 Å². The highest BCUT2D eigenvalue weighted by Gasteiger charge is 2.51. The number of thiocarbonyl (C=S) groups is 1. The predicted octanol–water partition coefficient (Wildman–Crippen LogP) is 4.86. The minimum absolute atomic E-state index is 0.0625. The maximum absolute atomic E-state index is 6.73. The maximum atomic E-state index is 6.73. The third-order valence-corrected chi connectivity index (χ3v) is 7.63. The van der Waals surface area contributed by atoms with Crippen LogP contribution in [-0.4, -0.2) is 10.7 Å². The number of hydrogen-bond acceptors (Lipinski definition) is 2.